The third kappa shape index (κ3) is 4.86. The number of hydrogen-bond acceptors (Lipinski definition) is 7. The number of thiol groups is 1. The molecule has 2 rings (SSSR count). The predicted octanol–water partition coefficient (Wildman–Crippen LogP) is 2.74. The predicted molar refractivity (Wildman–Crippen MR) is 101 cm³/mol. The lowest BCUT2D eigenvalue weighted by Gasteiger charge is -2.26. The highest BCUT2D eigenvalue weighted by Crippen LogP contribution is 2.29. The van der Waals surface area contributed by atoms with Crippen molar-refractivity contribution in [2.45, 2.75) is 15.4 Å². The van der Waals surface area contributed by atoms with Crippen molar-refractivity contribution in [1.82, 2.24) is 0 Å². The number of rotatable bonds is 8. The van der Waals surface area contributed by atoms with Crippen LogP contribution in [0.2, 0.25) is 0 Å². The summed E-state index contributed by atoms with van der Waals surface area (Å²) < 4.78 is 26.2. The molecule has 0 aliphatic heterocycles. The molecule has 0 amide bonds. The van der Waals surface area contributed by atoms with Crippen molar-refractivity contribution in [3.63, 3.8) is 0 Å². The van der Waals surface area contributed by atoms with Gasteiger partial charge in [0.2, 0.25) is 5.78 Å². The van der Waals surface area contributed by atoms with Crippen LogP contribution in [-0.2, 0) is 20.8 Å². The van der Waals surface area contributed by atoms with Crippen molar-refractivity contribution in [3.8, 4) is 0 Å². The van der Waals surface area contributed by atoms with Crippen LogP contribution in [0.5, 0.6) is 0 Å². The molecule has 2 aromatic rings. The number of carbonyl (C=O) groups excluding carboxylic acids is 1. The highest BCUT2D eigenvalue weighted by molar-refractivity contribution is 7.98. The van der Waals surface area contributed by atoms with E-state index >= 15 is 0 Å². The minimum absolute atomic E-state index is 0.277. The second kappa shape index (κ2) is 8.86. The summed E-state index contributed by atoms with van der Waals surface area (Å²) >= 11 is 3.05. The lowest BCUT2D eigenvalue weighted by Crippen LogP contribution is -2.40. The van der Waals surface area contributed by atoms with E-state index in [2.05, 4.69) is 4.18 Å². The first-order valence-electron chi connectivity index (χ1n) is 7.24. The van der Waals surface area contributed by atoms with E-state index in [1.807, 2.05) is 12.5 Å². The molecule has 0 aromatic heterocycles. The number of hydrogen-bond donors (Lipinski definition) is 2. The quantitative estimate of drug-likeness (QED) is 0.402. The van der Waals surface area contributed by atoms with E-state index in [0.29, 0.717) is 0 Å². The SMILES string of the molecule is CSc1ccc(C(=O)C(O)(CO[SH](=O)=O)c2ccc(SC)cc2)cc1. The summed E-state index contributed by atoms with van der Waals surface area (Å²) in [5.74, 6) is -0.617. The molecule has 0 aliphatic carbocycles. The summed E-state index contributed by atoms with van der Waals surface area (Å²) in [7, 11) is -3.19. The van der Waals surface area contributed by atoms with Gasteiger partial charge in [-0.3, -0.25) is 8.98 Å². The minimum Gasteiger partial charge on any atom is -0.375 e. The summed E-state index contributed by atoms with van der Waals surface area (Å²) in [6.07, 6.45) is 3.82. The molecule has 25 heavy (non-hydrogen) atoms. The monoisotopic (exact) mass is 398 g/mol. The van der Waals surface area contributed by atoms with Gasteiger partial charge in [0.25, 0.3) is 11.0 Å². The van der Waals surface area contributed by atoms with Crippen LogP contribution in [-0.4, -0.2) is 38.4 Å². The molecule has 1 N–H and O–H groups in total. The van der Waals surface area contributed by atoms with E-state index in [1.165, 1.54) is 23.5 Å². The Hall–Kier alpha value is -1.32. The van der Waals surface area contributed by atoms with Crippen molar-refractivity contribution in [3.05, 3.63) is 59.7 Å². The van der Waals surface area contributed by atoms with Crippen molar-refractivity contribution >= 4 is 40.3 Å². The second-order valence-electron chi connectivity index (χ2n) is 5.14. The standard InChI is InChI=1S/C17H18O5S3/c1-23-14-7-3-12(4-8-14)16(18)17(19,11-22-25(20)21)13-5-9-15(24-2)10-6-13/h3-10,19,25H,11H2,1-2H3. The fourth-order valence-corrected chi connectivity index (χ4v) is 3.38. The lowest BCUT2D eigenvalue weighted by molar-refractivity contribution is 0.00510. The van der Waals surface area contributed by atoms with Crippen molar-refractivity contribution in [1.29, 1.82) is 0 Å². The molecule has 2 aromatic carbocycles. The number of Topliss-reactive ketones (excluding diaryl/α,β-unsaturated/α-hetero) is 1. The van der Waals surface area contributed by atoms with Gasteiger partial charge in [0.05, 0.1) is 0 Å². The van der Waals surface area contributed by atoms with Crippen LogP contribution in [0.4, 0.5) is 0 Å². The molecular weight excluding hydrogens is 380 g/mol. The molecule has 0 heterocycles. The first-order valence-corrected chi connectivity index (χ1v) is 10.8. The number of ketones is 1. The van der Waals surface area contributed by atoms with Gasteiger partial charge in [-0.1, -0.05) is 24.3 Å². The van der Waals surface area contributed by atoms with Gasteiger partial charge in [-0.15, -0.1) is 23.5 Å². The van der Waals surface area contributed by atoms with Gasteiger partial charge in [0.1, 0.15) is 6.61 Å². The molecule has 1 unspecified atom stereocenters. The minimum atomic E-state index is -3.19. The molecule has 1 atom stereocenters. The molecule has 134 valence electrons. The Labute approximate surface area is 156 Å². The van der Waals surface area contributed by atoms with E-state index in [0.717, 1.165) is 9.79 Å². The van der Waals surface area contributed by atoms with Crippen molar-refractivity contribution in [2.24, 2.45) is 0 Å². The molecule has 5 nitrogen and oxygen atoms in total. The van der Waals surface area contributed by atoms with Crippen LogP contribution in [0.3, 0.4) is 0 Å². The van der Waals surface area contributed by atoms with Crippen LogP contribution < -0.4 is 0 Å². The molecule has 0 saturated carbocycles. The molecule has 0 saturated heterocycles. The Bertz CT molecular complexity index is 792. The van der Waals surface area contributed by atoms with Gasteiger partial charge in [-0.05, 0) is 42.3 Å². The van der Waals surface area contributed by atoms with Gasteiger partial charge in [0, 0.05) is 15.4 Å². The van der Waals surface area contributed by atoms with Crippen LogP contribution in [0.25, 0.3) is 0 Å². The fraction of sp³-hybridized carbons (Fsp3) is 0.235. The van der Waals surface area contributed by atoms with Crippen LogP contribution in [0.1, 0.15) is 15.9 Å². The molecule has 0 radical (unpaired) electrons. The zero-order valence-corrected chi connectivity index (χ0v) is 16.2. The summed E-state index contributed by atoms with van der Waals surface area (Å²) in [6, 6.07) is 13.5. The average Bonchev–Trinajstić information content (AvgIpc) is 2.65. The highest BCUT2D eigenvalue weighted by atomic mass is 32.2. The molecule has 0 spiro atoms. The first-order chi connectivity index (χ1) is 11.9. The average molecular weight is 399 g/mol. The summed E-state index contributed by atoms with van der Waals surface area (Å²) in [5, 5.41) is 11.0. The maximum absolute atomic E-state index is 12.9. The third-order valence-electron chi connectivity index (χ3n) is 3.67. The van der Waals surface area contributed by atoms with Crippen molar-refractivity contribution in [2.75, 3.05) is 19.1 Å². The molecule has 0 aliphatic rings. The Balaban J connectivity index is 2.42. The topological polar surface area (TPSA) is 80.7 Å². The number of carbonyl (C=O) groups is 1. The third-order valence-corrected chi connectivity index (χ3v) is 5.50. The molecule has 0 fully saturated rings. The van der Waals surface area contributed by atoms with Crippen LogP contribution in [0, 0.1) is 0 Å². The first kappa shape index (κ1) is 20.0. The number of benzene rings is 2. The Morgan fingerprint density at radius 2 is 1.48 bits per heavy atom. The lowest BCUT2D eigenvalue weighted by atomic mass is 9.86. The Morgan fingerprint density at radius 3 is 1.92 bits per heavy atom. The molecule has 0 bridgehead atoms. The summed E-state index contributed by atoms with van der Waals surface area (Å²) in [6.45, 7) is -0.673. The highest BCUT2D eigenvalue weighted by Gasteiger charge is 2.39. The van der Waals surface area contributed by atoms with E-state index in [-0.39, 0.29) is 11.1 Å². The maximum atomic E-state index is 12.9. The van der Waals surface area contributed by atoms with Crippen LogP contribution >= 0.6 is 23.5 Å². The van der Waals surface area contributed by atoms with Crippen LogP contribution in [0.15, 0.2) is 58.3 Å². The smallest absolute Gasteiger partial charge is 0.257 e. The normalized spacial score (nSPS) is 13.6. The number of thioether (sulfide) groups is 2. The largest absolute Gasteiger partial charge is 0.375 e. The summed E-state index contributed by atoms with van der Waals surface area (Å²) in [5.41, 5.74) is -1.53. The van der Waals surface area contributed by atoms with Gasteiger partial charge in [-0.25, -0.2) is 8.42 Å². The zero-order valence-electron chi connectivity index (χ0n) is 13.7. The van der Waals surface area contributed by atoms with Gasteiger partial charge < -0.3 is 5.11 Å². The Morgan fingerprint density at radius 1 is 1.00 bits per heavy atom. The van der Waals surface area contributed by atoms with E-state index in [1.54, 1.807) is 48.5 Å². The van der Waals surface area contributed by atoms with Gasteiger partial charge in [-0.2, -0.15) is 0 Å². The van der Waals surface area contributed by atoms with E-state index < -0.39 is 29.0 Å². The zero-order chi connectivity index (χ0) is 18.4. The molecule has 8 heteroatoms. The Kier molecular flexibility index (Phi) is 7.09. The van der Waals surface area contributed by atoms with Gasteiger partial charge in [0.15, 0.2) is 5.60 Å². The molecular formula is C17H18O5S3. The maximum Gasteiger partial charge on any atom is 0.257 e. The van der Waals surface area contributed by atoms with Crippen molar-refractivity contribution < 1.29 is 22.5 Å². The second-order valence-corrected chi connectivity index (χ2v) is 7.61. The fourth-order valence-electron chi connectivity index (χ4n) is 2.27. The van der Waals surface area contributed by atoms with E-state index in [9.17, 15) is 18.3 Å². The van der Waals surface area contributed by atoms with Gasteiger partial charge >= 0.3 is 0 Å². The summed E-state index contributed by atoms with van der Waals surface area (Å²) in [4.78, 5) is 14.8. The van der Waals surface area contributed by atoms with E-state index in [4.69, 9.17) is 0 Å². The number of aliphatic hydroxyl groups is 1.